The maximum Gasteiger partial charge on any atom is 0.408 e. The van der Waals surface area contributed by atoms with Crippen molar-refractivity contribution < 1.29 is 22.7 Å². The van der Waals surface area contributed by atoms with Gasteiger partial charge in [-0.1, -0.05) is 30.3 Å². The predicted molar refractivity (Wildman–Crippen MR) is 86.7 cm³/mol. The summed E-state index contributed by atoms with van der Waals surface area (Å²) in [6, 6.07) is 9.12. The van der Waals surface area contributed by atoms with Crippen LogP contribution in [0.3, 0.4) is 0 Å². The van der Waals surface area contributed by atoms with Crippen molar-refractivity contribution in [2.45, 2.75) is 48.3 Å². The molecule has 2 unspecified atom stereocenters. The van der Waals surface area contributed by atoms with Gasteiger partial charge in [0.25, 0.3) is 0 Å². The number of alkyl carbamates (subject to hydrolysis) is 1. The molecule has 24 heavy (non-hydrogen) atoms. The smallest absolute Gasteiger partial charge is 0.408 e. The van der Waals surface area contributed by atoms with Crippen molar-refractivity contribution in [2.75, 3.05) is 0 Å². The lowest BCUT2D eigenvalue weighted by Gasteiger charge is -2.38. The molecule has 2 amide bonds. The van der Waals surface area contributed by atoms with E-state index >= 15 is 0 Å². The summed E-state index contributed by atoms with van der Waals surface area (Å²) in [5, 5.41) is 1.29. The van der Waals surface area contributed by atoms with Crippen molar-refractivity contribution in [3.05, 3.63) is 35.9 Å². The molecule has 0 aliphatic carbocycles. The normalized spacial score (nSPS) is 30.5. The molecule has 8 heteroatoms. The van der Waals surface area contributed by atoms with E-state index < -0.39 is 37.9 Å². The number of amides is 2. The van der Waals surface area contributed by atoms with Gasteiger partial charge in [0.15, 0.2) is 9.84 Å². The Morgan fingerprint density at radius 2 is 1.75 bits per heavy atom. The standard InChI is InChI=1S/C16H20N2O5S/c17-14(19)16(8-12-6-7-13(9-16)24(12,21)22)18-15(20)23-10-11-4-2-1-3-5-11/h1-5,12-13H,6-10H2,(H2,17,19)(H,18,20). The SMILES string of the molecule is NC(=O)C1(NC(=O)OCc2ccccc2)CC2CCC(C1)S2(=O)=O. The van der Waals surface area contributed by atoms with E-state index in [0.29, 0.717) is 12.8 Å². The first kappa shape index (κ1) is 16.8. The molecule has 2 atom stereocenters. The fourth-order valence-corrected chi connectivity index (χ4v) is 6.10. The number of sulfone groups is 1. The Kier molecular flexibility index (Phi) is 4.25. The van der Waals surface area contributed by atoms with Crippen molar-refractivity contribution in [2.24, 2.45) is 5.73 Å². The summed E-state index contributed by atoms with van der Waals surface area (Å²) in [6.07, 6.45) is 0.269. The van der Waals surface area contributed by atoms with Crippen LogP contribution in [0, 0.1) is 0 Å². The van der Waals surface area contributed by atoms with Gasteiger partial charge in [0.2, 0.25) is 5.91 Å². The molecule has 0 saturated carbocycles. The minimum Gasteiger partial charge on any atom is -0.445 e. The van der Waals surface area contributed by atoms with Crippen LogP contribution in [0.4, 0.5) is 4.79 Å². The number of hydrogen-bond donors (Lipinski definition) is 2. The molecular weight excluding hydrogens is 332 g/mol. The Bertz CT molecular complexity index is 727. The van der Waals surface area contributed by atoms with E-state index in [-0.39, 0.29) is 19.4 Å². The van der Waals surface area contributed by atoms with Crippen LogP contribution in [0.5, 0.6) is 0 Å². The molecule has 3 N–H and O–H groups in total. The third kappa shape index (κ3) is 2.98. The number of hydrogen-bond acceptors (Lipinski definition) is 5. The molecule has 1 aromatic carbocycles. The van der Waals surface area contributed by atoms with Gasteiger partial charge in [0.1, 0.15) is 12.1 Å². The largest absolute Gasteiger partial charge is 0.445 e. The monoisotopic (exact) mass is 352 g/mol. The quantitative estimate of drug-likeness (QED) is 0.834. The zero-order valence-corrected chi connectivity index (χ0v) is 13.9. The lowest BCUT2D eigenvalue weighted by molar-refractivity contribution is -0.124. The predicted octanol–water partition coefficient (Wildman–Crippen LogP) is 0.876. The minimum atomic E-state index is -3.22. The van der Waals surface area contributed by atoms with Crippen LogP contribution < -0.4 is 11.1 Å². The van der Waals surface area contributed by atoms with Gasteiger partial charge in [-0.25, -0.2) is 13.2 Å². The fourth-order valence-electron chi connectivity index (χ4n) is 3.59. The van der Waals surface area contributed by atoms with E-state index in [1.54, 1.807) is 0 Å². The van der Waals surface area contributed by atoms with Crippen LogP contribution in [0.2, 0.25) is 0 Å². The molecule has 2 fully saturated rings. The summed E-state index contributed by atoms with van der Waals surface area (Å²) in [5.41, 5.74) is 4.95. The third-order valence-corrected chi connectivity index (χ3v) is 7.58. The van der Waals surface area contributed by atoms with Crippen LogP contribution in [0.15, 0.2) is 30.3 Å². The maximum atomic E-state index is 12.2. The van der Waals surface area contributed by atoms with Gasteiger partial charge in [-0.15, -0.1) is 0 Å². The molecule has 2 heterocycles. The summed E-state index contributed by atoms with van der Waals surface area (Å²) in [5.74, 6) is -0.717. The second-order valence-corrected chi connectivity index (χ2v) is 8.96. The highest BCUT2D eigenvalue weighted by Crippen LogP contribution is 2.43. The van der Waals surface area contributed by atoms with Gasteiger partial charge >= 0.3 is 6.09 Å². The summed E-state index contributed by atoms with van der Waals surface area (Å²) in [4.78, 5) is 24.1. The number of fused-ring (bicyclic) bond motifs is 2. The Balaban J connectivity index is 1.69. The van der Waals surface area contributed by atoms with E-state index in [0.717, 1.165) is 5.56 Å². The number of benzene rings is 1. The van der Waals surface area contributed by atoms with Gasteiger partial charge in [0.05, 0.1) is 10.5 Å². The number of nitrogens with two attached hydrogens (primary N) is 1. The average Bonchev–Trinajstić information content (AvgIpc) is 2.73. The first-order valence-corrected chi connectivity index (χ1v) is 9.46. The third-order valence-electron chi connectivity index (χ3n) is 4.92. The molecule has 2 bridgehead atoms. The number of nitrogens with one attached hydrogen (secondary N) is 1. The van der Waals surface area contributed by atoms with Crippen LogP contribution >= 0.6 is 0 Å². The molecular formula is C16H20N2O5S. The maximum absolute atomic E-state index is 12.2. The lowest BCUT2D eigenvalue weighted by Crippen LogP contribution is -2.63. The van der Waals surface area contributed by atoms with Crippen LogP contribution in [0.25, 0.3) is 0 Å². The molecule has 3 rings (SSSR count). The first-order valence-electron chi connectivity index (χ1n) is 7.85. The Morgan fingerprint density at radius 3 is 2.29 bits per heavy atom. The summed E-state index contributed by atoms with van der Waals surface area (Å²) in [7, 11) is -3.22. The highest BCUT2D eigenvalue weighted by molar-refractivity contribution is 7.93. The second-order valence-electron chi connectivity index (χ2n) is 6.45. The molecule has 1 aromatic rings. The molecule has 2 aliphatic heterocycles. The van der Waals surface area contributed by atoms with Gasteiger partial charge in [-0.2, -0.15) is 0 Å². The van der Waals surface area contributed by atoms with E-state index in [2.05, 4.69) is 5.32 Å². The van der Waals surface area contributed by atoms with E-state index in [4.69, 9.17) is 10.5 Å². The molecule has 7 nitrogen and oxygen atoms in total. The Hall–Kier alpha value is -2.09. The zero-order valence-electron chi connectivity index (χ0n) is 13.1. The van der Waals surface area contributed by atoms with Gasteiger partial charge in [-0.05, 0) is 31.2 Å². The summed E-state index contributed by atoms with van der Waals surface area (Å²) < 4.78 is 29.5. The molecule has 130 valence electrons. The summed E-state index contributed by atoms with van der Waals surface area (Å²) >= 11 is 0. The van der Waals surface area contributed by atoms with Crippen molar-refractivity contribution in [1.29, 1.82) is 0 Å². The highest BCUT2D eigenvalue weighted by Gasteiger charge is 2.56. The fraction of sp³-hybridized carbons (Fsp3) is 0.500. The molecule has 0 aromatic heterocycles. The van der Waals surface area contributed by atoms with Crippen molar-refractivity contribution >= 4 is 21.8 Å². The number of carbonyl (C=O) groups is 2. The first-order chi connectivity index (χ1) is 11.3. The van der Waals surface area contributed by atoms with Gasteiger partial charge in [-0.3, -0.25) is 4.79 Å². The van der Waals surface area contributed by atoms with Crippen molar-refractivity contribution in [1.82, 2.24) is 5.32 Å². The topological polar surface area (TPSA) is 116 Å². The van der Waals surface area contributed by atoms with E-state index in [9.17, 15) is 18.0 Å². The van der Waals surface area contributed by atoms with Crippen molar-refractivity contribution in [3.63, 3.8) is 0 Å². The number of carbonyl (C=O) groups excluding carboxylic acids is 2. The van der Waals surface area contributed by atoms with Crippen LogP contribution in [0.1, 0.15) is 31.2 Å². The highest BCUT2D eigenvalue weighted by atomic mass is 32.2. The van der Waals surface area contributed by atoms with Crippen molar-refractivity contribution in [3.8, 4) is 0 Å². The van der Waals surface area contributed by atoms with E-state index in [1.165, 1.54) is 0 Å². The molecule has 2 saturated heterocycles. The number of ether oxygens (including phenoxy) is 1. The van der Waals surface area contributed by atoms with Gasteiger partial charge < -0.3 is 15.8 Å². The average molecular weight is 352 g/mol. The van der Waals surface area contributed by atoms with Gasteiger partial charge in [0, 0.05) is 0 Å². The molecule has 0 radical (unpaired) electrons. The minimum absolute atomic E-state index is 0.0155. The number of rotatable bonds is 4. The molecule has 0 spiro atoms. The second kappa shape index (κ2) is 6.08. The Labute approximate surface area is 140 Å². The van der Waals surface area contributed by atoms with Crippen LogP contribution in [-0.2, 0) is 26.0 Å². The Morgan fingerprint density at radius 1 is 1.17 bits per heavy atom. The summed E-state index contributed by atoms with van der Waals surface area (Å²) in [6.45, 7) is 0.0622. The lowest BCUT2D eigenvalue weighted by atomic mass is 9.88. The number of primary amides is 1. The van der Waals surface area contributed by atoms with Crippen LogP contribution in [-0.4, -0.2) is 36.5 Å². The zero-order chi connectivity index (χ0) is 17.4. The molecule has 2 aliphatic rings. The van der Waals surface area contributed by atoms with E-state index in [1.807, 2.05) is 30.3 Å².